The van der Waals surface area contributed by atoms with Crippen molar-refractivity contribution < 1.29 is 14.3 Å². The summed E-state index contributed by atoms with van der Waals surface area (Å²) in [4.78, 5) is 25.4. The second-order valence-corrected chi connectivity index (χ2v) is 8.17. The molecule has 0 aliphatic heterocycles. The van der Waals surface area contributed by atoms with Crippen LogP contribution in [0.2, 0.25) is 5.02 Å². The van der Waals surface area contributed by atoms with Gasteiger partial charge in [-0.1, -0.05) is 23.7 Å². The summed E-state index contributed by atoms with van der Waals surface area (Å²) in [5.41, 5.74) is 0.153. The minimum absolute atomic E-state index is 0.119. The fourth-order valence-electron chi connectivity index (χ4n) is 2.04. The monoisotopic (exact) mass is 483 g/mol. The fraction of sp³-hybridized carbons (Fsp3) is 0.200. The van der Waals surface area contributed by atoms with E-state index >= 15 is 0 Å². The number of esters is 1. The van der Waals surface area contributed by atoms with Gasteiger partial charge in [-0.05, 0) is 79.8 Å². The minimum Gasteiger partial charge on any atom is -0.456 e. The molecule has 136 valence electrons. The van der Waals surface area contributed by atoms with Gasteiger partial charge in [-0.25, -0.2) is 4.79 Å². The summed E-state index contributed by atoms with van der Waals surface area (Å²) in [5.74, 6) is -1.21. The fourth-order valence-corrected chi connectivity index (χ4v) is 2.62. The first-order valence-electron chi connectivity index (χ1n) is 7.92. The summed E-state index contributed by atoms with van der Waals surface area (Å²) in [6.07, 6.45) is 1.36. The average Bonchev–Trinajstić information content (AvgIpc) is 2.55. The average molecular weight is 484 g/mol. The molecule has 26 heavy (non-hydrogen) atoms. The highest BCUT2D eigenvalue weighted by atomic mass is 127. The van der Waals surface area contributed by atoms with Gasteiger partial charge in [-0.3, -0.25) is 4.79 Å². The second-order valence-electron chi connectivity index (χ2n) is 6.52. The smallest absolute Gasteiger partial charge is 0.344 e. The Labute approximate surface area is 171 Å². The Morgan fingerprint density at radius 3 is 2.27 bits per heavy atom. The lowest BCUT2D eigenvalue weighted by atomic mass is 10.0. The van der Waals surface area contributed by atoms with Gasteiger partial charge in [0.1, 0.15) is 11.2 Å². The lowest BCUT2D eigenvalue weighted by molar-refractivity contribution is -0.149. The Hall–Kier alpha value is -1.86. The third-order valence-electron chi connectivity index (χ3n) is 3.21. The van der Waals surface area contributed by atoms with Crippen LogP contribution in [-0.2, 0) is 9.53 Å². The molecule has 2 aromatic carbocycles. The number of hydrogen-bond donors (Lipinski definition) is 1. The lowest BCUT2D eigenvalue weighted by Gasteiger charge is -2.20. The van der Waals surface area contributed by atoms with Gasteiger partial charge in [0.15, 0.2) is 0 Å². The van der Waals surface area contributed by atoms with Crippen LogP contribution in [0.3, 0.4) is 0 Å². The number of nitrogens with one attached hydrogen (secondary N) is 1. The topological polar surface area (TPSA) is 55.4 Å². The number of carbonyl (C=O) groups excluding carboxylic acids is 2. The van der Waals surface area contributed by atoms with Crippen molar-refractivity contribution in [2.24, 2.45) is 0 Å². The molecule has 0 aliphatic carbocycles. The highest BCUT2D eigenvalue weighted by Gasteiger charge is 2.26. The van der Waals surface area contributed by atoms with Crippen LogP contribution in [0.15, 0.2) is 60.3 Å². The van der Waals surface area contributed by atoms with E-state index in [1.807, 2.05) is 24.3 Å². The van der Waals surface area contributed by atoms with Crippen LogP contribution in [0.5, 0.6) is 0 Å². The SMILES string of the molecule is CC(C)(C)OC(=O)/C(=C/Nc1ccc(I)cc1)C(=O)c1ccccc1Cl. The van der Waals surface area contributed by atoms with Crippen molar-refractivity contribution in [1.82, 2.24) is 0 Å². The van der Waals surface area contributed by atoms with E-state index < -0.39 is 17.4 Å². The molecule has 0 bridgehead atoms. The Balaban J connectivity index is 2.36. The zero-order chi connectivity index (χ0) is 19.3. The zero-order valence-electron chi connectivity index (χ0n) is 14.7. The van der Waals surface area contributed by atoms with Gasteiger partial charge in [-0.15, -0.1) is 0 Å². The third-order valence-corrected chi connectivity index (χ3v) is 4.26. The summed E-state index contributed by atoms with van der Waals surface area (Å²) in [5, 5.41) is 3.26. The molecular formula is C20H19ClINO3. The van der Waals surface area contributed by atoms with E-state index in [4.69, 9.17) is 16.3 Å². The number of benzene rings is 2. The lowest BCUT2D eigenvalue weighted by Crippen LogP contribution is -2.27. The van der Waals surface area contributed by atoms with E-state index in [0.717, 1.165) is 9.26 Å². The maximum Gasteiger partial charge on any atom is 0.344 e. The molecule has 0 atom stereocenters. The highest BCUT2D eigenvalue weighted by Crippen LogP contribution is 2.21. The van der Waals surface area contributed by atoms with E-state index in [2.05, 4.69) is 27.9 Å². The number of carbonyl (C=O) groups is 2. The summed E-state index contributed by atoms with van der Waals surface area (Å²) in [6.45, 7) is 5.24. The molecule has 2 rings (SSSR count). The minimum atomic E-state index is -0.722. The van der Waals surface area contributed by atoms with Crippen molar-refractivity contribution in [2.75, 3.05) is 5.32 Å². The molecule has 6 heteroatoms. The van der Waals surface area contributed by atoms with Gasteiger partial charge < -0.3 is 10.1 Å². The molecule has 0 fully saturated rings. The zero-order valence-corrected chi connectivity index (χ0v) is 17.6. The van der Waals surface area contributed by atoms with E-state index in [9.17, 15) is 9.59 Å². The summed E-state index contributed by atoms with van der Waals surface area (Å²) < 4.78 is 6.46. The van der Waals surface area contributed by atoms with Crippen molar-refractivity contribution in [3.05, 3.63) is 74.5 Å². The normalized spacial score (nSPS) is 11.8. The van der Waals surface area contributed by atoms with Gasteiger partial charge in [-0.2, -0.15) is 0 Å². The maximum absolute atomic E-state index is 12.9. The molecule has 0 spiro atoms. The first kappa shape index (κ1) is 20.5. The van der Waals surface area contributed by atoms with E-state index in [1.54, 1.807) is 45.0 Å². The number of rotatable bonds is 5. The Kier molecular flexibility index (Phi) is 6.83. The predicted molar refractivity (Wildman–Crippen MR) is 112 cm³/mol. The largest absolute Gasteiger partial charge is 0.456 e. The number of halogens is 2. The van der Waals surface area contributed by atoms with Crippen LogP contribution in [0, 0.1) is 3.57 Å². The molecule has 0 unspecified atom stereocenters. The van der Waals surface area contributed by atoms with Crippen LogP contribution < -0.4 is 5.32 Å². The predicted octanol–water partition coefficient (Wildman–Crippen LogP) is 5.47. The summed E-state index contributed by atoms with van der Waals surface area (Å²) in [7, 11) is 0. The van der Waals surface area contributed by atoms with Gasteiger partial charge in [0.05, 0.1) is 5.02 Å². The highest BCUT2D eigenvalue weighted by molar-refractivity contribution is 14.1. The van der Waals surface area contributed by atoms with Gasteiger partial charge >= 0.3 is 5.97 Å². The molecule has 2 aromatic rings. The van der Waals surface area contributed by atoms with E-state index in [1.165, 1.54) is 6.20 Å². The molecule has 1 N–H and O–H groups in total. The van der Waals surface area contributed by atoms with Gasteiger partial charge in [0.2, 0.25) is 5.78 Å². The van der Waals surface area contributed by atoms with Crippen molar-refractivity contribution in [2.45, 2.75) is 26.4 Å². The van der Waals surface area contributed by atoms with Crippen molar-refractivity contribution in [3.63, 3.8) is 0 Å². The summed E-state index contributed by atoms with van der Waals surface area (Å²) in [6, 6.07) is 14.1. The van der Waals surface area contributed by atoms with Crippen molar-refractivity contribution >= 4 is 51.6 Å². The van der Waals surface area contributed by atoms with E-state index in [-0.39, 0.29) is 16.2 Å². The Morgan fingerprint density at radius 2 is 1.69 bits per heavy atom. The molecule has 0 saturated heterocycles. The Bertz CT molecular complexity index is 839. The standard InChI is InChI=1S/C20H19ClINO3/c1-20(2,3)26-19(25)16(12-23-14-10-8-13(22)9-11-14)18(24)15-6-4-5-7-17(15)21/h4-12,23H,1-3H3/b16-12+. The molecule has 0 amide bonds. The number of ketones is 1. The van der Waals surface area contributed by atoms with Crippen molar-refractivity contribution in [1.29, 1.82) is 0 Å². The van der Waals surface area contributed by atoms with Crippen LogP contribution in [0.4, 0.5) is 5.69 Å². The first-order chi connectivity index (χ1) is 12.2. The number of Topliss-reactive ketones (excluding diaryl/α,β-unsaturated/α-hetero) is 1. The van der Waals surface area contributed by atoms with Crippen molar-refractivity contribution in [3.8, 4) is 0 Å². The third kappa shape index (κ3) is 5.85. The van der Waals surface area contributed by atoms with Crippen LogP contribution in [-0.4, -0.2) is 17.4 Å². The Morgan fingerprint density at radius 1 is 1.08 bits per heavy atom. The molecular weight excluding hydrogens is 465 g/mol. The van der Waals surface area contributed by atoms with Gasteiger partial charge in [0.25, 0.3) is 0 Å². The number of ether oxygens (including phenoxy) is 1. The van der Waals surface area contributed by atoms with Gasteiger partial charge in [0, 0.05) is 21.0 Å². The summed E-state index contributed by atoms with van der Waals surface area (Å²) >= 11 is 8.31. The molecule has 0 heterocycles. The van der Waals surface area contributed by atoms with Crippen LogP contribution in [0.1, 0.15) is 31.1 Å². The van der Waals surface area contributed by atoms with Crippen LogP contribution in [0.25, 0.3) is 0 Å². The molecule has 0 radical (unpaired) electrons. The second kappa shape index (κ2) is 8.68. The quantitative estimate of drug-likeness (QED) is 0.153. The number of hydrogen-bond acceptors (Lipinski definition) is 4. The molecule has 4 nitrogen and oxygen atoms in total. The molecule has 0 saturated carbocycles. The molecule has 0 aromatic heterocycles. The maximum atomic E-state index is 12.9. The van der Waals surface area contributed by atoms with Crippen LogP contribution >= 0.6 is 34.2 Å². The van der Waals surface area contributed by atoms with E-state index in [0.29, 0.717) is 0 Å². The number of anilines is 1. The molecule has 0 aliphatic rings. The first-order valence-corrected chi connectivity index (χ1v) is 9.38.